The van der Waals surface area contributed by atoms with Crippen molar-refractivity contribution >= 4 is 38.0 Å². The van der Waals surface area contributed by atoms with Gasteiger partial charge in [0.2, 0.25) is 0 Å². The van der Waals surface area contributed by atoms with Crippen LogP contribution in [0.2, 0.25) is 0 Å². The molecular weight excluding hydrogens is 406 g/mol. The molecule has 0 saturated heterocycles. The molecule has 2 aromatic carbocycles. The number of primary amides is 1. The summed E-state index contributed by atoms with van der Waals surface area (Å²) in [7, 11) is -3.70. The predicted molar refractivity (Wildman–Crippen MR) is 113 cm³/mol. The third kappa shape index (κ3) is 3.46. The lowest BCUT2D eigenvalue weighted by molar-refractivity contribution is 0.100. The van der Waals surface area contributed by atoms with Crippen molar-refractivity contribution in [2.24, 2.45) is 5.73 Å². The van der Waals surface area contributed by atoms with E-state index in [9.17, 15) is 13.2 Å². The minimum atomic E-state index is -3.70. The number of carbonyl (C=O) groups is 1. The van der Waals surface area contributed by atoms with Crippen LogP contribution in [0.25, 0.3) is 10.9 Å². The number of aliphatic hydroxyl groups excluding tert-OH is 1. The molecule has 0 unspecified atom stereocenters. The van der Waals surface area contributed by atoms with E-state index in [4.69, 9.17) is 15.6 Å². The van der Waals surface area contributed by atoms with E-state index in [0.717, 1.165) is 17.0 Å². The lowest BCUT2D eigenvalue weighted by Gasteiger charge is -2.17. The van der Waals surface area contributed by atoms with Crippen LogP contribution < -0.4 is 15.8 Å². The summed E-state index contributed by atoms with van der Waals surface area (Å²) in [4.78, 5) is 16.5. The molecule has 30 heavy (non-hydrogen) atoms. The number of nitrogens with two attached hydrogens (primary N) is 1. The van der Waals surface area contributed by atoms with E-state index in [0.29, 0.717) is 35.2 Å². The molecule has 0 radical (unpaired) electrons. The SMILES string of the molecule is Cc1cc(S(=O)(=O)CCO)cc2c(Nc3cccc4c3CCO4)c(C(N)=O)cnc12. The normalized spacial score (nSPS) is 13.1. The number of fused-ring (bicyclic) bond motifs is 2. The van der Waals surface area contributed by atoms with Gasteiger partial charge in [-0.1, -0.05) is 6.07 Å². The molecule has 0 spiro atoms. The van der Waals surface area contributed by atoms with Crippen LogP contribution in [0.3, 0.4) is 0 Å². The summed E-state index contributed by atoms with van der Waals surface area (Å²) in [5, 5.41) is 12.9. The molecule has 1 aliphatic heterocycles. The van der Waals surface area contributed by atoms with Crippen molar-refractivity contribution in [3.63, 3.8) is 0 Å². The van der Waals surface area contributed by atoms with Crippen LogP contribution in [0.15, 0.2) is 41.4 Å². The first-order valence-corrected chi connectivity index (χ1v) is 11.1. The Morgan fingerprint density at radius 3 is 2.87 bits per heavy atom. The van der Waals surface area contributed by atoms with Crippen molar-refractivity contribution in [1.82, 2.24) is 4.98 Å². The van der Waals surface area contributed by atoms with Crippen molar-refractivity contribution in [2.75, 3.05) is 24.3 Å². The van der Waals surface area contributed by atoms with E-state index in [1.54, 1.807) is 6.92 Å². The van der Waals surface area contributed by atoms with Gasteiger partial charge in [-0.3, -0.25) is 9.78 Å². The molecule has 0 saturated carbocycles. The number of ether oxygens (including phenoxy) is 1. The highest BCUT2D eigenvalue weighted by Crippen LogP contribution is 2.37. The number of aliphatic hydroxyl groups is 1. The third-order valence-corrected chi connectivity index (χ3v) is 6.80. The molecule has 9 heteroatoms. The Kier molecular flexibility index (Phi) is 5.08. The van der Waals surface area contributed by atoms with Gasteiger partial charge >= 0.3 is 0 Å². The van der Waals surface area contributed by atoms with Gasteiger partial charge in [0.05, 0.1) is 40.6 Å². The third-order valence-electron chi connectivity index (χ3n) is 5.12. The molecule has 8 nitrogen and oxygen atoms in total. The first kappa shape index (κ1) is 20.1. The lowest BCUT2D eigenvalue weighted by atomic mass is 10.0. The average Bonchev–Trinajstić information content (AvgIpc) is 3.18. The minimum Gasteiger partial charge on any atom is -0.493 e. The number of benzene rings is 2. The fourth-order valence-electron chi connectivity index (χ4n) is 3.66. The van der Waals surface area contributed by atoms with Gasteiger partial charge in [0.15, 0.2) is 9.84 Å². The Hall–Kier alpha value is -3.17. The van der Waals surface area contributed by atoms with Crippen molar-refractivity contribution in [2.45, 2.75) is 18.2 Å². The van der Waals surface area contributed by atoms with Gasteiger partial charge in [-0.2, -0.15) is 0 Å². The van der Waals surface area contributed by atoms with Crippen molar-refractivity contribution in [1.29, 1.82) is 0 Å². The zero-order valence-electron chi connectivity index (χ0n) is 16.3. The van der Waals surface area contributed by atoms with Crippen molar-refractivity contribution in [3.05, 3.63) is 53.2 Å². The number of aryl methyl sites for hydroxylation is 1. The predicted octanol–water partition coefficient (Wildman–Crippen LogP) is 2.09. The van der Waals surface area contributed by atoms with Crippen LogP contribution in [0.4, 0.5) is 11.4 Å². The van der Waals surface area contributed by atoms with Crippen molar-refractivity contribution in [3.8, 4) is 5.75 Å². The number of aromatic nitrogens is 1. The summed E-state index contributed by atoms with van der Waals surface area (Å²) in [6, 6.07) is 8.56. The second kappa shape index (κ2) is 7.58. The maximum absolute atomic E-state index is 12.6. The topological polar surface area (TPSA) is 132 Å². The molecule has 156 valence electrons. The van der Waals surface area contributed by atoms with Crippen LogP contribution >= 0.6 is 0 Å². The van der Waals surface area contributed by atoms with Crippen LogP contribution in [-0.4, -0.2) is 43.4 Å². The van der Waals surface area contributed by atoms with E-state index >= 15 is 0 Å². The van der Waals surface area contributed by atoms with Crippen LogP contribution in [-0.2, 0) is 16.3 Å². The number of sulfone groups is 1. The van der Waals surface area contributed by atoms with Crippen LogP contribution in [0.1, 0.15) is 21.5 Å². The second-order valence-corrected chi connectivity index (χ2v) is 9.20. The highest BCUT2D eigenvalue weighted by molar-refractivity contribution is 7.91. The molecule has 1 aromatic heterocycles. The maximum atomic E-state index is 12.6. The maximum Gasteiger partial charge on any atom is 0.252 e. The molecule has 4 rings (SSSR count). The van der Waals surface area contributed by atoms with E-state index in [1.165, 1.54) is 18.3 Å². The zero-order chi connectivity index (χ0) is 21.5. The number of anilines is 2. The Morgan fingerprint density at radius 2 is 2.13 bits per heavy atom. The Morgan fingerprint density at radius 1 is 1.33 bits per heavy atom. The standard InChI is InChI=1S/C21H21N3O5S/c1-12-9-13(30(27,28)8-6-25)10-15-19(12)23-11-16(21(22)26)20(15)24-17-3-2-4-18-14(17)5-7-29-18/h2-4,9-11,25H,5-8H2,1H3,(H2,22,26)(H,23,24). The summed E-state index contributed by atoms with van der Waals surface area (Å²) >= 11 is 0. The van der Waals surface area contributed by atoms with Gasteiger partial charge in [-0.25, -0.2) is 8.42 Å². The Bertz CT molecular complexity index is 1270. The van der Waals surface area contributed by atoms with E-state index in [2.05, 4.69) is 10.3 Å². The summed E-state index contributed by atoms with van der Waals surface area (Å²) in [6.45, 7) is 1.83. The Balaban J connectivity index is 1.96. The molecule has 0 bridgehead atoms. The first-order chi connectivity index (χ1) is 14.3. The largest absolute Gasteiger partial charge is 0.493 e. The number of hydrogen-bond donors (Lipinski definition) is 3. The molecule has 0 atom stereocenters. The monoisotopic (exact) mass is 427 g/mol. The quantitative estimate of drug-likeness (QED) is 0.549. The summed E-state index contributed by atoms with van der Waals surface area (Å²) in [5.41, 5.74) is 9.02. The number of rotatable bonds is 6. The number of hydrogen-bond acceptors (Lipinski definition) is 7. The molecule has 0 aliphatic carbocycles. The summed E-state index contributed by atoms with van der Waals surface area (Å²) < 4.78 is 30.7. The van der Waals surface area contributed by atoms with E-state index in [-0.39, 0.29) is 10.5 Å². The molecule has 3 aromatic rings. The van der Waals surface area contributed by atoms with E-state index in [1.807, 2.05) is 18.2 Å². The highest BCUT2D eigenvalue weighted by atomic mass is 32.2. The number of carbonyl (C=O) groups excluding carboxylic acids is 1. The minimum absolute atomic E-state index is 0.0506. The molecular formula is C21H21N3O5S. The fraction of sp³-hybridized carbons (Fsp3) is 0.238. The summed E-state index contributed by atoms with van der Waals surface area (Å²) in [5.74, 6) is -0.314. The highest BCUT2D eigenvalue weighted by Gasteiger charge is 2.22. The number of amides is 1. The van der Waals surface area contributed by atoms with Gasteiger partial charge in [-0.15, -0.1) is 0 Å². The number of nitrogens with one attached hydrogen (secondary N) is 1. The molecule has 4 N–H and O–H groups in total. The van der Waals surface area contributed by atoms with Gasteiger partial charge in [0, 0.05) is 29.3 Å². The summed E-state index contributed by atoms with van der Waals surface area (Å²) in [6.07, 6.45) is 2.10. The van der Waals surface area contributed by atoms with Gasteiger partial charge < -0.3 is 20.9 Å². The molecule has 2 heterocycles. The van der Waals surface area contributed by atoms with Gasteiger partial charge in [-0.05, 0) is 36.8 Å². The van der Waals surface area contributed by atoms with Crippen LogP contribution in [0, 0.1) is 6.92 Å². The molecule has 0 fully saturated rings. The second-order valence-electron chi connectivity index (χ2n) is 7.10. The smallest absolute Gasteiger partial charge is 0.252 e. The first-order valence-electron chi connectivity index (χ1n) is 9.40. The average molecular weight is 427 g/mol. The Labute approximate surface area is 173 Å². The van der Waals surface area contributed by atoms with Gasteiger partial charge in [0.25, 0.3) is 5.91 Å². The number of nitrogens with zero attached hydrogens (tertiary/aromatic N) is 1. The van der Waals surface area contributed by atoms with Crippen LogP contribution in [0.5, 0.6) is 5.75 Å². The molecule has 1 amide bonds. The number of pyridine rings is 1. The van der Waals surface area contributed by atoms with E-state index < -0.39 is 28.1 Å². The lowest BCUT2D eigenvalue weighted by Crippen LogP contribution is -2.15. The zero-order valence-corrected chi connectivity index (χ0v) is 17.1. The fourth-order valence-corrected chi connectivity index (χ4v) is 4.79. The molecule has 1 aliphatic rings. The van der Waals surface area contributed by atoms with Gasteiger partial charge in [0.1, 0.15) is 5.75 Å². The van der Waals surface area contributed by atoms with Crippen molar-refractivity contribution < 1.29 is 23.1 Å².